The molecule has 1 aromatic carbocycles. The van der Waals surface area contributed by atoms with Crippen LogP contribution in [0.5, 0.6) is 0 Å². The molecule has 1 fully saturated rings. The number of nitrogens with zero attached hydrogens (tertiary/aromatic N) is 2. The van der Waals surface area contributed by atoms with E-state index in [-0.39, 0.29) is 54.6 Å². The molecule has 0 bridgehead atoms. The second kappa shape index (κ2) is 11.2. The number of benzene rings is 1. The number of rotatable bonds is 5. The van der Waals surface area contributed by atoms with E-state index in [0.717, 1.165) is 31.7 Å². The predicted octanol–water partition coefficient (Wildman–Crippen LogP) is 4.15. The van der Waals surface area contributed by atoms with Gasteiger partial charge < -0.3 is 15.5 Å². The molecule has 1 aliphatic rings. The zero-order valence-electron chi connectivity index (χ0n) is 15.8. The quantitative estimate of drug-likeness (QED) is 0.315. The Bertz CT molecular complexity index is 692. The van der Waals surface area contributed by atoms with Gasteiger partial charge in [0.1, 0.15) is 0 Å². The largest absolute Gasteiger partial charge is 0.416 e. The van der Waals surface area contributed by atoms with Gasteiger partial charge in [0.05, 0.1) is 18.7 Å². The Morgan fingerprint density at radius 2 is 1.93 bits per heavy atom. The Hall–Kier alpha value is -1.04. The number of likely N-dealkylation sites (N-methyl/N-ethyl adjacent to an activating group) is 1. The number of nitrogens with one attached hydrogen (secondary N) is 2. The van der Waals surface area contributed by atoms with Gasteiger partial charge in [-0.1, -0.05) is 34.8 Å². The van der Waals surface area contributed by atoms with Crippen molar-refractivity contribution in [1.82, 2.24) is 15.5 Å². The molecule has 28 heavy (non-hydrogen) atoms. The van der Waals surface area contributed by atoms with Crippen molar-refractivity contribution >= 4 is 51.8 Å². The van der Waals surface area contributed by atoms with E-state index in [0.29, 0.717) is 10.4 Å². The third kappa shape index (κ3) is 7.76. The van der Waals surface area contributed by atoms with Gasteiger partial charge in [0.2, 0.25) is 5.91 Å². The minimum atomic E-state index is -4.46. The number of aliphatic imine (C=N–C) groups is 1. The van der Waals surface area contributed by atoms with Crippen molar-refractivity contribution in [1.29, 1.82) is 0 Å². The molecule has 0 aromatic heterocycles. The molecule has 0 spiro atoms. The van der Waals surface area contributed by atoms with Crippen molar-refractivity contribution in [3.63, 3.8) is 0 Å². The highest BCUT2D eigenvalue weighted by Gasteiger charge is 2.33. The molecule has 2 rings (SSSR count). The topological polar surface area (TPSA) is 56.7 Å². The van der Waals surface area contributed by atoms with E-state index in [9.17, 15) is 18.0 Å². The normalized spacial score (nSPS) is 15.1. The van der Waals surface area contributed by atoms with E-state index in [4.69, 9.17) is 0 Å². The maximum absolute atomic E-state index is 13.3. The van der Waals surface area contributed by atoms with Gasteiger partial charge in [0.25, 0.3) is 0 Å². The van der Waals surface area contributed by atoms with Crippen LogP contribution >= 0.6 is 39.9 Å². The fraction of sp³-hybridized carbons (Fsp3) is 0.556. The minimum Gasteiger partial charge on any atom is -0.354 e. The molecule has 0 atom stereocenters. The fourth-order valence-corrected chi connectivity index (χ4v) is 3.21. The van der Waals surface area contributed by atoms with Crippen LogP contribution in [0.1, 0.15) is 36.8 Å². The fourth-order valence-electron chi connectivity index (χ4n) is 2.85. The Morgan fingerprint density at radius 1 is 1.29 bits per heavy atom. The third-order valence-electron chi connectivity index (χ3n) is 4.39. The van der Waals surface area contributed by atoms with Crippen molar-refractivity contribution < 1.29 is 18.0 Å². The number of hydrogen-bond acceptors (Lipinski definition) is 2. The van der Waals surface area contributed by atoms with Crippen molar-refractivity contribution in [3.8, 4) is 0 Å². The van der Waals surface area contributed by atoms with Crippen LogP contribution in [0, 0.1) is 0 Å². The van der Waals surface area contributed by atoms with Crippen molar-refractivity contribution in [2.45, 2.75) is 44.4 Å². The maximum atomic E-state index is 13.3. The van der Waals surface area contributed by atoms with E-state index in [1.807, 2.05) is 0 Å². The second-order valence-electron chi connectivity index (χ2n) is 6.73. The van der Waals surface area contributed by atoms with Crippen LogP contribution in [0.4, 0.5) is 13.2 Å². The standard InChI is InChI=1S/C18H24BrF3N4O.HI/c1-26(2)16(27)11-24-17(25-14-5-3-4-6-14)23-10-12-7-8-13(19)9-15(12)18(20,21)22;/h7-9,14H,3-6,10-11H2,1-2H3,(H2,23,24,25);1H. The summed E-state index contributed by atoms with van der Waals surface area (Å²) in [5, 5.41) is 6.15. The summed E-state index contributed by atoms with van der Waals surface area (Å²) in [7, 11) is 3.28. The zero-order chi connectivity index (χ0) is 20.0. The number of hydrogen-bond donors (Lipinski definition) is 2. The van der Waals surface area contributed by atoms with Crippen LogP contribution in [0.3, 0.4) is 0 Å². The minimum absolute atomic E-state index is 0. The summed E-state index contributed by atoms with van der Waals surface area (Å²) in [5.41, 5.74) is -0.637. The number of carbonyl (C=O) groups is 1. The lowest BCUT2D eigenvalue weighted by molar-refractivity contribution is -0.138. The lowest BCUT2D eigenvalue weighted by atomic mass is 10.1. The number of amides is 1. The molecule has 0 radical (unpaired) electrons. The van der Waals surface area contributed by atoms with E-state index < -0.39 is 11.7 Å². The van der Waals surface area contributed by atoms with Crippen LogP contribution in [0.2, 0.25) is 0 Å². The van der Waals surface area contributed by atoms with E-state index in [1.54, 1.807) is 20.2 Å². The van der Waals surface area contributed by atoms with Gasteiger partial charge >= 0.3 is 6.18 Å². The molecule has 0 aliphatic heterocycles. The van der Waals surface area contributed by atoms with Crippen molar-refractivity contribution in [3.05, 3.63) is 33.8 Å². The van der Waals surface area contributed by atoms with Crippen LogP contribution in [0.25, 0.3) is 0 Å². The predicted molar refractivity (Wildman–Crippen MR) is 118 cm³/mol. The number of guanidine groups is 1. The molecule has 5 nitrogen and oxygen atoms in total. The van der Waals surface area contributed by atoms with Crippen molar-refractivity contribution in [2.24, 2.45) is 4.99 Å². The monoisotopic (exact) mass is 576 g/mol. The summed E-state index contributed by atoms with van der Waals surface area (Å²) in [6.45, 7) is -0.113. The highest BCUT2D eigenvalue weighted by atomic mass is 127. The van der Waals surface area contributed by atoms with E-state index in [1.165, 1.54) is 11.0 Å². The second-order valence-corrected chi connectivity index (χ2v) is 7.65. The van der Waals surface area contributed by atoms with Gasteiger partial charge in [0.15, 0.2) is 5.96 Å². The summed E-state index contributed by atoms with van der Waals surface area (Å²) in [6, 6.07) is 4.25. The van der Waals surface area contributed by atoms with Crippen LogP contribution < -0.4 is 10.6 Å². The van der Waals surface area contributed by atoms with Gasteiger partial charge in [-0.15, -0.1) is 24.0 Å². The zero-order valence-corrected chi connectivity index (χ0v) is 19.7. The van der Waals surface area contributed by atoms with Crippen LogP contribution in [-0.4, -0.2) is 43.4 Å². The molecular formula is C18H25BrF3IN4O. The number of halogens is 5. The first-order chi connectivity index (χ1) is 12.7. The van der Waals surface area contributed by atoms with Crippen LogP contribution in [-0.2, 0) is 17.5 Å². The van der Waals surface area contributed by atoms with E-state index in [2.05, 4.69) is 31.6 Å². The smallest absolute Gasteiger partial charge is 0.354 e. The van der Waals surface area contributed by atoms with Crippen molar-refractivity contribution in [2.75, 3.05) is 20.6 Å². The molecular weight excluding hydrogens is 552 g/mol. The first kappa shape index (κ1) is 25.0. The lowest BCUT2D eigenvalue weighted by Crippen LogP contribution is -2.46. The Kier molecular flexibility index (Phi) is 10.0. The first-order valence-electron chi connectivity index (χ1n) is 8.77. The molecule has 1 aliphatic carbocycles. The molecule has 1 amide bonds. The molecule has 158 valence electrons. The number of alkyl halides is 3. The van der Waals surface area contributed by atoms with Gasteiger partial charge in [-0.2, -0.15) is 13.2 Å². The summed E-state index contributed by atoms with van der Waals surface area (Å²) >= 11 is 3.08. The summed E-state index contributed by atoms with van der Waals surface area (Å²) in [4.78, 5) is 17.6. The summed E-state index contributed by atoms with van der Waals surface area (Å²) in [6.07, 6.45) is -0.288. The molecule has 10 heteroatoms. The lowest BCUT2D eigenvalue weighted by Gasteiger charge is -2.19. The molecule has 1 aromatic rings. The maximum Gasteiger partial charge on any atom is 0.416 e. The van der Waals surface area contributed by atoms with Crippen LogP contribution in [0.15, 0.2) is 27.7 Å². The van der Waals surface area contributed by atoms with Gasteiger partial charge in [-0.25, -0.2) is 4.99 Å². The summed E-state index contributed by atoms with van der Waals surface area (Å²) < 4.78 is 40.2. The van der Waals surface area contributed by atoms with E-state index >= 15 is 0 Å². The van der Waals surface area contributed by atoms with Gasteiger partial charge in [0, 0.05) is 24.6 Å². The molecule has 0 unspecified atom stereocenters. The SMILES string of the molecule is CN(C)C(=O)CNC(=NCc1ccc(Br)cc1C(F)(F)F)NC1CCCC1.I. The average Bonchev–Trinajstić information content (AvgIpc) is 3.09. The highest BCUT2D eigenvalue weighted by molar-refractivity contribution is 14.0. The highest BCUT2D eigenvalue weighted by Crippen LogP contribution is 2.34. The first-order valence-corrected chi connectivity index (χ1v) is 9.56. The molecule has 1 saturated carbocycles. The van der Waals surface area contributed by atoms with Gasteiger partial charge in [-0.3, -0.25) is 4.79 Å². The number of carbonyl (C=O) groups excluding carboxylic acids is 1. The molecule has 0 saturated heterocycles. The summed E-state index contributed by atoms with van der Waals surface area (Å²) in [5.74, 6) is 0.212. The Balaban J connectivity index is 0.00000392. The molecule has 0 heterocycles. The molecule has 2 N–H and O–H groups in total. The van der Waals surface area contributed by atoms with Gasteiger partial charge in [-0.05, 0) is 30.5 Å². The third-order valence-corrected chi connectivity index (χ3v) is 4.88. The Morgan fingerprint density at radius 3 is 2.50 bits per heavy atom. The Labute approximate surface area is 188 Å². The average molecular weight is 577 g/mol.